The number of anilines is 1. The van der Waals surface area contributed by atoms with Crippen molar-refractivity contribution in [3.8, 4) is 11.6 Å². The van der Waals surface area contributed by atoms with Gasteiger partial charge in [0.1, 0.15) is 17.1 Å². The van der Waals surface area contributed by atoms with Crippen molar-refractivity contribution in [2.45, 2.75) is 11.4 Å². The number of hydrogen-bond donors (Lipinski definition) is 1. The monoisotopic (exact) mass is 395 g/mol. The minimum Gasteiger partial charge on any atom is -0.406 e. The number of rotatable bonds is 6. The molecule has 27 heavy (non-hydrogen) atoms. The summed E-state index contributed by atoms with van der Waals surface area (Å²) in [5.74, 6) is -0.0181. The van der Waals surface area contributed by atoms with Crippen LogP contribution >= 0.6 is 11.8 Å². The normalized spacial score (nSPS) is 11.2. The minimum absolute atomic E-state index is 0.0693. The van der Waals surface area contributed by atoms with Gasteiger partial charge in [-0.2, -0.15) is 0 Å². The summed E-state index contributed by atoms with van der Waals surface area (Å²) in [7, 11) is 0. The van der Waals surface area contributed by atoms with E-state index in [4.69, 9.17) is 0 Å². The first-order valence-corrected chi connectivity index (χ1v) is 8.48. The second kappa shape index (κ2) is 8.08. The fraction of sp³-hybridized carbons (Fsp3) is 0.125. The van der Waals surface area contributed by atoms with Crippen LogP contribution in [0.2, 0.25) is 0 Å². The number of imidazole rings is 1. The summed E-state index contributed by atoms with van der Waals surface area (Å²) in [6.07, 6.45) is 0.191. The average Bonchev–Trinajstić information content (AvgIpc) is 3.16. The van der Waals surface area contributed by atoms with Crippen molar-refractivity contribution < 1.29 is 22.7 Å². The number of nitrogens with zero attached hydrogens (tertiary/aromatic N) is 4. The summed E-state index contributed by atoms with van der Waals surface area (Å²) in [6.45, 7) is 0. The molecule has 0 aliphatic heterocycles. The van der Waals surface area contributed by atoms with Gasteiger partial charge >= 0.3 is 6.36 Å². The molecule has 2 aromatic heterocycles. The molecule has 3 aromatic rings. The van der Waals surface area contributed by atoms with Crippen LogP contribution in [0.15, 0.2) is 60.1 Å². The van der Waals surface area contributed by atoms with Crippen LogP contribution in [0.5, 0.6) is 5.75 Å². The summed E-state index contributed by atoms with van der Waals surface area (Å²) in [6, 6.07) is 8.36. The van der Waals surface area contributed by atoms with Crippen molar-refractivity contribution in [1.82, 2.24) is 19.7 Å². The molecule has 0 unspecified atom stereocenters. The van der Waals surface area contributed by atoms with Crippen LogP contribution in [0.25, 0.3) is 5.82 Å². The van der Waals surface area contributed by atoms with Crippen LogP contribution in [-0.4, -0.2) is 37.8 Å². The van der Waals surface area contributed by atoms with E-state index in [0.717, 1.165) is 12.1 Å². The van der Waals surface area contributed by atoms with Crippen LogP contribution in [-0.2, 0) is 4.79 Å². The number of amides is 1. The fourth-order valence-corrected chi connectivity index (χ4v) is 2.61. The number of alkyl halides is 3. The molecule has 0 saturated heterocycles. The number of carbonyl (C=O) groups is 1. The molecule has 0 aliphatic carbocycles. The quantitative estimate of drug-likeness (QED) is 0.645. The highest BCUT2D eigenvalue weighted by atomic mass is 32.2. The Labute approximate surface area is 155 Å². The van der Waals surface area contributed by atoms with E-state index < -0.39 is 6.36 Å². The van der Waals surface area contributed by atoms with E-state index in [0.29, 0.717) is 16.5 Å². The average molecular weight is 395 g/mol. The topological polar surface area (TPSA) is 81.9 Å². The Kier molecular flexibility index (Phi) is 5.60. The SMILES string of the molecule is O=C(CSc1ccc(-n2ccnc2)nn1)Nc1ccc(OC(F)(F)F)cc1. The first-order valence-electron chi connectivity index (χ1n) is 7.49. The molecule has 11 heteroatoms. The molecule has 0 bridgehead atoms. The molecule has 0 radical (unpaired) electrons. The lowest BCUT2D eigenvalue weighted by Crippen LogP contribution is -2.17. The van der Waals surface area contributed by atoms with Crippen LogP contribution in [0.3, 0.4) is 0 Å². The van der Waals surface area contributed by atoms with Gasteiger partial charge in [-0.25, -0.2) is 4.98 Å². The molecule has 0 atom stereocenters. The van der Waals surface area contributed by atoms with Crippen molar-refractivity contribution in [2.24, 2.45) is 0 Å². The maximum absolute atomic E-state index is 12.1. The van der Waals surface area contributed by atoms with Crippen molar-refractivity contribution in [3.05, 3.63) is 55.1 Å². The van der Waals surface area contributed by atoms with E-state index in [-0.39, 0.29) is 17.4 Å². The molecule has 140 valence electrons. The van der Waals surface area contributed by atoms with Gasteiger partial charge in [0.05, 0.1) is 5.75 Å². The zero-order chi connectivity index (χ0) is 19.3. The Balaban J connectivity index is 1.49. The fourth-order valence-electron chi connectivity index (χ4n) is 2.00. The molecule has 0 saturated carbocycles. The number of nitrogens with one attached hydrogen (secondary N) is 1. The number of hydrogen-bond acceptors (Lipinski definition) is 6. The van der Waals surface area contributed by atoms with Crippen molar-refractivity contribution in [1.29, 1.82) is 0 Å². The van der Waals surface area contributed by atoms with E-state index in [1.807, 2.05) is 0 Å². The van der Waals surface area contributed by atoms with E-state index >= 15 is 0 Å². The zero-order valence-corrected chi connectivity index (χ0v) is 14.4. The van der Waals surface area contributed by atoms with Gasteiger partial charge in [0.15, 0.2) is 5.82 Å². The van der Waals surface area contributed by atoms with Crippen molar-refractivity contribution in [3.63, 3.8) is 0 Å². The third kappa shape index (κ3) is 5.71. The summed E-state index contributed by atoms with van der Waals surface area (Å²) in [5, 5.41) is 11.2. The Morgan fingerprint density at radius 2 is 1.93 bits per heavy atom. The van der Waals surface area contributed by atoms with Gasteiger partial charge in [0.2, 0.25) is 5.91 Å². The van der Waals surface area contributed by atoms with Crippen LogP contribution < -0.4 is 10.1 Å². The van der Waals surface area contributed by atoms with Gasteiger partial charge in [-0.05, 0) is 36.4 Å². The maximum atomic E-state index is 12.1. The Morgan fingerprint density at radius 1 is 1.15 bits per heavy atom. The summed E-state index contributed by atoms with van der Waals surface area (Å²) >= 11 is 1.18. The summed E-state index contributed by atoms with van der Waals surface area (Å²) < 4.78 is 41.8. The number of carbonyl (C=O) groups excluding carboxylic acids is 1. The van der Waals surface area contributed by atoms with Gasteiger partial charge in [-0.15, -0.1) is 23.4 Å². The van der Waals surface area contributed by atoms with E-state index in [2.05, 4.69) is 25.2 Å². The Morgan fingerprint density at radius 3 is 2.52 bits per heavy atom. The first-order chi connectivity index (χ1) is 12.9. The van der Waals surface area contributed by atoms with Gasteiger partial charge in [0, 0.05) is 18.1 Å². The lowest BCUT2D eigenvalue weighted by Gasteiger charge is -2.10. The van der Waals surface area contributed by atoms with E-state index in [9.17, 15) is 18.0 Å². The molecule has 0 fully saturated rings. The molecule has 3 rings (SSSR count). The third-order valence-electron chi connectivity index (χ3n) is 3.12. The van der Waals surface area contributed by atoms with Gasteiger partial charge in [-0.3, -0.25) is 9.36 Å². The molecule has 1 aromatic carbocycles. The number of aromatic nitrogens is 4. The highest BCUT2D eigenvalue weighted by Gasteiger charge is 2.30. The van der Waals surface area contributed by atoms with Crippen molar-refractivity contribution in [2.75, 3.05) is 11.1 Å². The molecule has 2 heterocycles. The summed E-state index contributed by atoms with van der Waals surface area (Å²) in [4.78, 5) is 15.9. The van der Waals surface area contributed by atoms with Crippen LogP contribution in [0.1, 0.15) is 0 Å². The van der Waals surface area contributed by atoms with Crippen LogP contribution in [0, 0.1) is 0 Å². The van der Waals surface area contributed by atoms with E-state index in [1.165, 1.54) is 23.9 Å². The molecule has 7 nitrogen and oxygen atoms in total. The van der Waals surface area contributed by atoms with Gasteiger partial charge < -0.3 is 10.1 Å². The number of thioether (sulfide) groups is 1. The standard InChI is InChI=1S/C16H12F3N5O2S/c17-16(18,19)26-12-3-1-11(2-4-12)21-14(25)9-27-15-6-5-13(22-23-15)24-8-7-20-10-24/h1-8,10H,9H2,(H,21,25). The lowest BCUT2D eigenvalue weighted by molar-refractivity contribution is -0.274. The molecular weight excluding hydrogens is 383 g/mol. The van der Waals surface area contributed by atoms with Crippen molar-refractivity contribution >= 4 is 23.4 Å². The molecule has 0 aliphatic rings. The highest BCUT2D eigenvalue weighted by Crippen LogP contribution is 2.24. The Hall–Kier alpha value is -3.08. The minimum atomic E-state index is -4.75. The predicted octanol–water partition coefficient (Wildman–Crippen LogP) is 3.29. The maximum Gasteiger partial charge on any atom is 0.573 e. The largest absolute Gasteiger partial charge is 0.573 e. The lowest BCUT2D eigenvalue weighted by atomic mass is 10.3. The second-order valence-electron chi connectivity index (χ2n) is 5.11. The van der Waals surface area contributed by atoms with Gasteiger partial charge in [0.25, 0.3) is 0 Å². The number of ether oxygens (including phenoxy) is 1. The van der Waals surface area contributed by atoms with Crippen LogP contribution in [0.4, 0.5) is 18.9 Å². The highest BCUT2D eigenvalue weighted by molar-refractivity contribution is 7.99. The Bertz CT molecular complexity index is 884. The number of halogens is 3. The molecule has 1 amide bonds. The molecule has 1 N–H and O–H groups in total. The second-order valence-corrected chi connectivity index (χ2v) is 6.10. The van der Waals surface area contributed by atoms with E-state index in [1.54, 1.807) is 35.4 Å². The zero-order valence-electron chi connectivity index (χ0n) is 13.6. The van der Waals surface area contributed by atoms with Gasteiger partial charge in [-0.1, -0.05) is 11.8 Å². The molecular formula is C16H12F3N5O2S. The first kappa shape index (κ1) is 18.7. The summed E-state index contributed by atoms with van der Waals surface area (Å²) in [5.41, 5.74) is 0.358. The third-order valence-corrected chi connectivity index (χ3v) is 4.04. The molecule has 0 spiro atoms. The number of benzene rings is 1. The predicted molar refractivity (Wildman–Crippen MR) is 91.6 cm³/mol. The smallest absolute Gasteiger partial charge is 0.406 e.